The van der Waals surface area contributed by atoms with Gasteiger partial charge in [-0.2, -0.15) is 0 Å². The van der Waals surface area contributed by atoms with Gasteiger partial charge < -0.3 is 24.1 Å². The topological polar surface area (TPSA) is 143 Å². The van der Waals surface area contributed by atoms with Crippen molar-refractivity contribution in [2.75, 3.05) is 0 Å². The molecule has 0 heterocycles. The molecule has 0 aromatic heterocycles. The molecule has 0 rings (SSSR count). The molecule has 7 nitrogen and oxygen atoms in total. The molecule has 0 spiro atoms. The van der Waals surface area contributed by atoms with Crippen molar-refractivity contribution in [3.8, 4) is 0 Å². The fourth-order valence-electron chi connectivity index (χ4n) is 0. The van der Waals surface area contributed by atoms with Crippen LogP contribution in [-0.4, -0.2) is 72.6 Å². The van der Waals surface area contributed by atoms with Crippen molar-refractivity contribution in [1.29, 1.82) is 0 Å². The Labute approximate surface area is 113 Å². The van der Waals surface area contributed by atoms with E-state index in [4.69, 9.17) is 32.5 Å². The minimum atomic E-state index is -5.17. The van der Waals surface area contributed by atoms with E-state index in [0.717, 1.165) is 0 Å². The number of carbonyl (C=O) groups excluding carboxylic acids is 1. The summed E-state index contributed by atoms with van der Waals surface area (Å²) in [7, 11) is -5.17. The molecule has 0 fully saturated rings. The maximum Gasteiger partial charge on any atom is 2.00 e. The molecular formula is CBaCuO7S. The van der Waals surface area contributed by atoms with E-state index in [1.165, 1.54) is 0 Å². The third-order valence-corrected chi connectivity index (χ3v) is 0. The maximum atomic E-state index is 8.52. The van der Waals surface area contributed by atoms with E-state index in [1.54, 1.807) is 0 Å². The smallest absolute Gasteiger partial charge is 0.759 e. The van der Waals surface area contributed by atoms with Crippen LogP contribution in [0.25, 0.3) is 0 Å². The van der Waals surface area contributed by atoms with Crippen LogP contribution in [0.4, 0.5) is 4.79 Å². The van der Waals surface area contributed by atoms with Crippen molar-refractivity contribution in [3.05, 3.63) is 0 Å². The number of rotatable bonds is 0. The number of carbonyl (C=O) groups is 1. The Hall–Kier alpha value is 1.23. The molecule has 0 aliphatic heterocycles. The molecule has 0 aromatic rings. The molecule has 0 amide bonds. The van der Waals surface area contributed by atoms with Gasteiger partial charge in [0.15, 0.2) is 0 Å². The first-order chi connectivity index (χ1) is 3.73. The van der Waals surface area contributed by atoms with Gasteiger partial charge in [-0.25, -0.2) is 0 Å². The average Bonchev–Trinajstić information content (AvgIpc) is 1.19. The summed E-state index contributed by atoms with van der Waals surface area (Å²) in [6.45, 7) is 0. The summed E-state index contributed by atoms with van der Waals surface area (Å²) in [6.07, 6.45) is -2.33. The van der Waals surface area contributed by atoms with Crippen LogP contribution < -0.4 is 10.2 Å². The van der Waals surface area contributed by atoms with Crippen LogP contribution in [0.1, 0.15) is 0 Å². The summed E-state index contributed by atoms with van der Waals surface area (Å²) in [6, 6.07) is 0. The number of hydrogen-bond acceptors (Lipinski definition) is 7. The van der Waals surface area contributed by atoms with Crippen molar-refractivity contribution < 1.29 is 49.6 Å². The van der Waals surface area contributed by atoms with Crippen LogP contribution in [0.5, 0.6) is 0 Å². The van der Waals surface area contributed by atoms with E-state index >= 15 is 0 Å². The minimum Gasteiger partial charge on any atom is -0.759 e. The van der Waals surface area contributed by atoms with Gasteiger partial charge in [-0.15, -0.1) is 0 Å². The molecule has 11 heavy (non-hydrogen) atoms. The fraction of sp³-hybridized carbons (Fsp3) is 0. The predicted molar refractivity (Wildman–Crippen MR) is 21.6 cm³/mol. The van der Waals surface area contributed by atoms with Gasteiger partial charge in [-0.3, -0.25) is 8.42 Å². The van der Waals surface area contributed by atoms with Crippen LogP contribution in [0.3, 0.4) is 0 Å². The summed E-state index contributed by atoms with van der Waals surface area (Å²) < 4.78 is 34.1. The Morgan fingerprint density at radius 3 is 1.09 bits per heavy atom. The van der Waals surface area contributed by atoms with Crippen molar-refractivity contribution in [2.45, 2.75) is 0 Å². The second kappa shape index (κ2) is 11.2. The van der Waals surface area contributed by atoms with E-state index in [9.17, 15) is 0 Å². The molecular weight excluding hydrogens is 357 g/mol. The van der Waals surface area contributed by atoms with E-state index < -0.39 is 16.6 Å². The second-order valence-corrected chi connectivity index (χ2v) is 1.47. The van der Waals surface area contributed by atoms with Gasteiger partial charge in [0, 0.05) is 10.4 Å². The Morgan fingerprint density at radius 2 is 1.09 bits per heavy atom. The predicted octanol–water partition coefficient (Wildman–Crippen LogP) is -4.17. The summed E-state index contributed by atoms with van der Waals surface area (Å²) in [5, 5.41) is 16.7. The molecule has 0 bridgehead atoms. The summed E-state index contributed by atoms with van der Waals surface area (Å²) >= 11 is 0. The quantitative estimate of drug-likeness (QED) is 0.243. The number of carboxylic acid groups (broad SMARTS) is 2. The van der Waals surface area contributed by atoms with E-state index in [2.05, 4.69) is 0 Å². The van der Waals surface area contributed by atoms with E-state index in [-0.39, 0.29) is 65.9 Å². The van der Waals surface area contributed by atoms with Crippen molar-refractivity contribution in [1.82, 2.24) is 0 Å². The molecule has 0 atom stereocenters. The molecule has 0 aliphatic rings. The third kappa shape index (κ3) is 632. The Balaban J connectivity index is -0.0000000383. The molecule has 1 radical (unpaired) electrons. The zero-order valence-corrected chi connectivity index (χ0v) is 11.0. The van der Waals surface area contributed by atoms with E-state index in [0.29, 0.717) is 0 Å². The molecule has 0 unspecified atom stereocenters. The second-order valence-electron chi connectivity index (χ2n) is 0.658. The Bertz CT molecular complexity index is 161. The first kappa shape index (κ1) is 22.8. The molecule has 0 aromatic carbocycles. The fourth-order valence-corrected chi connectivity index (χ4v) is 0. The molecule has 65 valence electrons. The first-order valence-corrected chi connectivity index (χ1v) is 2.61. The van der Waals surface area contributed by atoms with Gasteiger partial charge >= 0.3 is 65.9 Å². The van der Waals surface area contributed by atoms with Gasteiger partial charge in [0.05, 0.1) is 0 Å². The summed E-state index contributed by atoms with van der Waals surface area (Å²) in [4.78, 5) is 8.33. The van der Waals surface area contributed by atoms with Crippen molar-refractivity contribution >= 4 is 65.4 Å². The first-order valence-electron chi connectivity index (χ1n) is 1.28. The largest absolute Gasteiger partial charge is 2.00 e. The monoisotopic (exact) mass is 357 g/mol. The molecule has 0 aliphatic carbocycles. The number of hydrogen-bond donors (Lipinski definition) is 0. The van der Waals surface area contributed by atoms with Crippen LogP contribution in [0.2, 0.25) is 0 Å². The van der Waals surface area contributed by atoms with Gasteiger partial charge in [0.1, 0.15) is 0 Å². The summed E-state index contributed by atoms with van der Waals surface area (Å²) in [5.74, 6) is 0. The molecule has 10 heteroatoms. The van der Waals surface area contributed by atoms with Gasteiger partial charge in [0.2, 0.25) is 0 Å². The van der Waals surface area contributed by atoms with Crippen molar-refractivity contribution in [3.63, 3.8) is 0 Å². The maximum absolute atomic E-state index is 8.52. The van der Waals surface area contributed by atoms with Crippen LogP contribution in [0.15, 0.2) is 0 Å². The molecule has 0 saturated carbocycles. The van der Waals surface area contributed by atoms with Crippen LogP contribution >= 0.6 is 0 Å². The van der Waals surface area contributed by atoms with Crippen LogP contribution in [0, 0.1) is 0 Å². The van der Waals surface area contributed by atoms with Crippen LogP contribution in [-0.2, 0) is 27.5 Å². The van der Waals surface area contributed by atoms with Gasteiger partial charge in [-0.1, -0.05) is 0 Å². The summed E-state index contributed by atoms with van der Waals surface area (Å²) in [5.41, 5.74) is 0. The normalized spacial score (nSPS) is 7.45. The minimum absolute atomic E-state index is 0. The third-order valence-electron chi connectivity index (χ3n) is 0. The van der Waals surface area contributed by atoms with Crippen molar-refractivity contribution in [2.24, 2.45) is 0 Å². The standard InChI is InChI=1S/CH2O3.Ba.Cu.H2O4S/c2-1(3)4;;;1-5(2,3)4/h(H2,2,3,4);;;(H2,1,2,3,4)/q;2*+2;/p-4. The average molecular weight is 357 g/mol. The van der Waals surface area contributed by atoms with E-state index in [1.807, 2.05) is 0 Å². The zero-order valence-electron chi connectivity index (χ0n) is 4.77. The Morgan fingerprint density at radius 1 is 1.09 bits per heavy atom. The Kier molecular flexibility index (Phi) is 23.2. The molecule has 0 N–H and O–H groups in total. The van der Waals surface area contributed by atoms with Gasteiger partial charge in [0.25, 0.3) is 0 Å². The van der Waals surface area contributed by atoms with Gasteiger partial charge in [-0.05, 0) is 6.16 Å². The molecule has 0 saturated heterocycles. The zero-order chi connectivity index (χ0) is 8.08. The SMILES string of the molecule is O=C([O-])[O-].O=S(=O)([O-])[O-].[Ba+2].[Cu+2].